The van der Waals surface area contributed by atoms with Crippen molar-refractivity contribution in [2.45, 2.75) is 32.7 Å². The highest BCUT2D eigenvalue weighted by atomic mass is 16.5. The Labute approximate surface area is 106 Å². The normalized spacial score (nSPS) is 11.8. The Morgan fingerprint density at radius 1 is 1.28 bits per heavy atom. The van der Waals surface area contributed by atoms with E-state index in [1.807, 2.05) is 13.8 Å². The molecule has 0 heterocycles. The van der Waals surface area contributed by atoms with Crippen molar-refractivity contribution in [2.24, 2.45) is 5.92 Å². The molecule has 0 unspecified atom stereocenters. The van der Waals surface area contributed by atoms with E-state index in [0.717, 1.165) is 0 Å². The van der Waals surface area contributed by atoms with Gasteiger partial charge in [-0.25, -0.2) is 9.59 Å². The first kappa shape index (κ1) is 16.2. The molecule has 3 N–H and O–H groups in total. The molecule has 0 saturated heterocycles. The lowest BCUT2D eigenvalue weighted by Crippen LogP contribution is -2.47. The summed E-state index contributed by atoms with van der Waals surface area (Å²) in [5.74, 6) is -1.36. The number of ether oxygens (including phenoxy) is 1. The van der Waals surface area contributed by atoms with Crippen LogP contribution in [0.5, 0.6) is 0 Å². The lowest BCUT2D eigenvalue weighted by atomic mass is 10.0. The number of methoxy groups -OCH3 is 1. The number of amides is 2. The van der Waals surface area contributed by atoms with Crippen molar-refractivity contribution in [1.29, 1.82) is 0 Å². The van der Waals surface area contributed by atoms with Crippen LogP contribution in [-0.2, 0) is 14.3 Å². The number of urea groups is 1. The highest BCUT2D eigenvalue weighted by Crippen LogP contribution is 2.04. The van der Waals surface area contributed by atoms with Crippen molar-refractivity contribution in [3.8, 4) is 0 Å². The summed E-state index contributed by atoms with van der Waals surface area (Å²) in [6.45, 7) is 3.84. The summed E-state index contributed by atoms with van der Waals surface area (Å²) >= 11 is 0. The van der Waals surface area contributed by atoms with Crippen LogP contribution in [0.25, 0.3) is 0 Å². The number of hydrogen-bond donors (Lipinski definition) is 3. The third kappa shape index (κ3) is 7.48. The molecule has 2 amide bonds. The summed E-state index contributed by atoms with van der Waals surface area (Å²) < 4.78 is 4.40. The first-order valence-electron chi connectivity index (χ1n) is 5.70. The van der Waals surface area contributed by atoms with Crippen molar-refractivity contribution in [3.63, 3.8) is 0 Å². The van der Waals surface area contributed by atoms with Crippen LogP contribution in [0.1, 0.15) is 26.7 Å². The van der Waals surface area contributed by atoms with Gasteiger partial charge in [0.15, 0.2) is 0 Å². The first-order chi connectivity index (χ1) is 8.36. The Bertz CT molecular complexity index is 304. The molecular weight excluding hydrogens is 240 g/mol. The van der Waals surface area contributed by atoms with E-state index in [4.69, 9.17) is 5.11 Å². The zero-order valence-corrected chi connectivity index (χ0v) is 10.9. The van der Waals surface area contributed by atoms with E-state index in [-0.39, 0.29) is 18.9 Å². The van der Waals surface area contributed by atoms with Gasteiger partial charge in [-0.15, -0.1) is 0 Å². The minimum atomic E-state index is -1.08. The molecule has 0 aliphatic carbocycles. The summed E-state index contributed by atoms with van der Waals surface area (Å²) in [5, 5.41) is 13.6. The summed E-state index contributed by atoms with van der Waals surface area (Å²) in [6.07, 6.45) is 0.394. The molecule has 7 nitrogen and oxygen atoms in total. The number of aliphatic carboxylic acids is 1. The number of carboxylic acids is 1. The minimum Gasteiger partial charge on any atom is -0.480 e. The Balaban J connectivity index is 4.03. The number of esters is 1. The van der Waals surface area contributed by atoms with Gasteiger partial charge in [-0.1, -0.05) is 13.8 Å². The SMILES string of the molecule is COC(=O)CCNC(=O)N[C@H](CC(C)C)C(=O)O. The number of carbonyl (C=O) groups is 3. The summed E-state index contributed by atoms with van der Waals surface area (Å²) in [7, 11) is 1.26. The fourth-order valence-electron chi connectivity index (χ4n) is 1.28. The van der Waals surface area contributed by atoms with Crippen LogP contribution < -0.4 is 10.6 Å². The maximum absolute atomic E-state index is 11.4. The lowest BCUT2D eigenvalue weighted by molar-refractivity contribution is -0.141. The highest BCUT2D eigenvalue weighted by Gasteiger charge is 2.20. The van der Waals surface area contributed by atoms with E-state index >= 15 is 0 Å². The Kier molecular flexibility index (Phi) is 7.50. The molecule has 0 aromatic heterocycles. The molecule has 0 aromatic rings. The molecule has 0 radical (unpaired) electrons. The second-order valence-electron chi connectivity index (χ2n) is 4.25. The first-order valence-corrected chi connectivity index (χ1v) is 5.70. The van der Waals surface area contributed by atoms with Gasteiger partial charge in [-0.2, -0.15) is 0 Å². The maximum atomic E-state index is 11.4. The fraction of sp³-hybridized carbons (Fsp3) is 0.727. The van der Waals surface area contributed by atoms with Crippen LogP contribution in [0.3, 0.4) is 0 Å². The van der Waals surface area contributed by atoms with E-state index in [9.17, 15) is 14.4 Å². The quantitative estimate of drug-likeness (QED) is 0.573. The predicted molar refractivity (Wildman–Crippen MR) is 64.0 cm³/mol. The fourth-order valence-corrected chi connectivity index (χ4v) is 1.28. The average Bonchev–Trinajstić information content (AvgIpc) is 2.27. The van der Waals surface area contributed by atoms with E-state index < -0.39 is 24.0 Å². The molecule has 0 saturated carbocycles. The van der Waals surface area contributed by atoms with Crippen molar-refractivity contribution < 1.29 is 24.2 Å². The van der Waals surface area contributed by atoms with Gasteiger partial charge in [0.1, 0.15) is 6.04 Å². The Morgan fingerprint density at radius 3 is 2.33 bits per heavy atom. The van der Waals surface area contributed by atoms with Crippen LogP contribution >= 0.6 is 0 Å². The number of rotatable bonds is 7. The van der Waals surface area contributed by atoms with E-state index in [2.05, 4.69) is 15.4 Å². The number of nitrogens with one attached hydrogen (secondary N) is 2. The smallest absolute Gasteiger partial charge is 0.326 e. The van der Waals surface area contributed by atoms with E-state index in [1.54, 1.807) is 0 Å². The third-order valence-electron chi connectivity index (χ3n) is 2.15. The third-order valence-corrected chi connectivity index (χ3v) is 2.15. The predicted octanol–water partition coefficient (Wildman–Crippen LogP) is 0.348. The van der Waals surface area contributed by atoms with Gasteiger partial charge in [0.2, 0.25) is 0 Å². The lowest BCUT2D eigenvalue weighted by Gasteiger charge is -2.16. The molecule has 0 bridgehead atoms. The van der Waals surface area contributed by atoms with Gasteiger partial charge in [-0.05, 0) is 12.3 Å². The summed E-state index contributed by atoms with van der Waals surface area (Å²) in [6, 6.07) is -1.53. The van der Waals surface area contributed by atoms with Crippen molar-refractivity contribution in [1.82, 2.24) is 10.6 Å². The second kappa shape index (κ2) is 8.32. The van der Waals surface area contributed by atoms with Crippen LogP contribution in [-0.4, -0.2) is 42.8 Å². The van der Waals surface area contributed by atoms with Gasteiger partial charge in [-0.3, -0.25) is 4.79 Å². The molecule has 104 valence electrons. The molecule has 0 aromatic carbocycles. The zero-order valence-electron chi connectivity index (χ0n) is 10.9. The number of carbonyl (C=O) groups excluding carboxylic acids is 2. The van der Waals surface area contributed by atoms with Crippen molar-refractivity contribution >= 4 is 18.0 Å². The monoisotopic (exact) mass is 260 g/mol. The molecule has 0 fully saturated rings. The molecule has 1 atom stereocenters. The number of carboxylic acid groups (broad SMARTS) is 1. The molecule has 0 aliphatic rings. The van der Waals surface area contributed by atoms with Gasteiger partial charge in [0.25, 0.3) is 0 Å². The van der Waals surface area contributed by atoms with Gasteiger partial charge in [0.05, 0.1) is 13.5 Å². The maximum Gasteiger partial charge on any atom is 0.326 e. The average molecular weight is 260 g/mol. The number of hydrogen-bond acceptors (Lipinski definition) is 4. The van der Waals surface area contributed by atoms with Gasteiger partial charge < -0.3 is 20.5 Å². The topological polar surface area (TPSA) is 105 Å². The standard InChI is InChI=1S/C11H20N2O5/c1-7(2)6-8(10(15)16)13-11(17)12-5-4-9(14)18-3/h7-8H,4-6H2,1-3H3,(H,15,16)(H2,12,13,17)/t8-/m1/s1. The van der Waals surface area contributed by atoms with Crippen LogP contribution in [0.4, 0.5) is 4.79 Å². The Hall–Kier alpha value is -1.79. The molecule has 7 heteroatoms. The molecule has 18 heavy (non-hydrogen) atoms. The van der Waals surface area contributed by atoms with Crippen LogP contribution in [0, 0.1) is 5.92 Å². The van der Waals surface area contributed by atoms with Crippen LogP contribution in [0.2, 0.25) is 0 Å². The molecule has 0 aliphatic heterocycles. The minimum absolute atomic E-state index is 0.0475. The Morgan fingerprint density at radius 2 is 1.89 bits per heavy atom. The molecular formula is C11H20N2O5. The van der Waals surface area contributed by atoms with Gasteiger partial charge in [0, 0.05) is 6.54 Å². The zero-order chi connectivity index (χ0) is 14.1. The van der Waals surface area contributed by atoms with Crippen molar-refractivity contribution in [3.05, 3.63) is 0 Å². The highest BCUT2D eigenvalue weighted by molar-refractivity contribution is 5.82. The van der Waals surface area contributed by atoms with E-state index in [1.165, 1.54) is 7.11 Å². The van der Waals surface area contributed by atoms with Gasteiger partial charge >= 0.3 is 18.0 Å². The molecule has 0 spiro atoms. The van der Waals surface area contributed by atoms with Crippen LogP contribution in [0.15, 0.2) is 0 Å². The van der Waals surface area contributed by atoms with Crippen molar-refractivity contribution in [2.75, 3.05) is 13.7 Å². The molecule has 0 rings (SSSR count). The second-order valence-corrected chi connectivity index (χ2v) is 4.25. The summed E-state index contributed by atoms with van der Waals surface area (Å²) in [4.78, 5) is 33.0. The largest absolute Gasteiger partial charge is 0.480 e. The van der Waals surface area contributed by atoms with E-state index in [0.29, 0.717) is 6.42 Å². The summed E-state index contributed by atoms with van der Waals surface area (Å²) in [5.41, 5.74) is 0.